The van der Waals surface area contributed by atoms with Crippen LogP contribution in [0.2, 0.25) is 18.1 Å². The van der Waals surface area contributed by atoms with E-state index in [1.165, 1.54) is 18.7 Å². The SMILES string of the molecule is C[C@@H](C(=O)Nc1cnc(Oc2ccc(F)cc2F)cn1)N1CCN(C(=O)C2CC(O[Si](C)(C)C(C)(C)C)c3ncnn3C2)C(C)(C)C1. The van der Waals surface area contributed by atoms with Gasteiger partial charge in [-0.05, 0) is 57.5 Å². The summed E-state index contributed by atoms with van der Waals surface area (Å²) in [5.74, 6) is -1.38. The zero-order chi connectivity index (χ0) is 34.3. The second-order valence-corrected chi connectivity index (χ2v) is 19.2. The van der Waals surface area contributed by atoms with Crippen LogP contribution in [0.5, 0.6) is 11.6 Å². The van der Waals surface area contributed by atoms with Crippen molar-refractivity contribution in [2.75, 3.05) is 25.0 Å². The third-order valence-electron chi connectivity index (χ3n) is 9.53. The molecule has 1 saturated heterocycles. The lowest BCUT2D eigenvalue weighted by molar-refractivity contribution is -0.148. The van der Waals surface area contributed by atoms with Crippen molar-refractivity contribution in [3.8, 4) is 11.6 Å². The molecule has 0 radical (unpaired) electrons. The van der Waals surface area contributed by atoms with E-state index < -0.39 is 31.5 Å². The number of ether oxygens (including phenoxy) is 1. The lowest BCUT2D eigenvalue weighted by Gasteiger charge is -2.50. The number of benzene rings is 1. The highest BCUT2D eigenvalue weighted by molar-refractivity contribution is 6.74. The Kier molecular flexibility index (Phi) is 9.54. The molecule has 254 valence electrons. The van der Waals surface area contributed by atoms with Crippen LogP contribution in [0.3, 0.4) is 0 Å². The molecule has 0 spiro atoms. The first-order valence-corrected chi connectivity index (χ1v) is 18.7. The van der Waals surface area contributed by atoms with E-state index in [9.17, 15) is 18.4 Å². The number of hydrogen-bond acceptors (Lipinski definition) is 9. The molecule has 1 N–H and O–H groups in total. The predicted molar refractivity (Wildman–Crippen MR) is 173 cm³/mol. The van der Waals surface area contributed by atoms with E-state index in [1.807, 2.05) is 28.3 Å². The monoisotopic (exact) mass is 670 g/mol. The van der Waals surface area contributed by atoms with Crippen molar-refractivity contribution >= 4 is 25.9 Å². The highest BCUT2D eigenvalue weighted by Crippen LogP contribution is 2.42. The van der Waals surface area contributed by atoms with Gasteiger partial charge < -0.3 is 19.4 Å². The molecule has 1 aromatic carbocycles. The summed E-state index contributed by atoms with van der Waals surface area (Å²) in [6, 6.07) is 2.41. The van der Waals surface area contributed by atoms with Crippen LogP contribution >= 0.6 is 0 Å². The Hall–Kier alpha value is -3.82. The largest absolute Gasteiger partial charge is 0.434 e. The number of carbonyl (C=O) groups excluding carboxylic acids is 2. The molecule has 2 amide bonds. The maximum atomic E-state index is 14.1. The average Bonchev–Trinajstić information content (AvgIpc) is 3.47. The lowest BCUT2D eigenvalue weighted by Crippen LogP contribution is -2.64. The molecule has 2 unspecified atom stereocenters. The molecular formula is C32H44F2N8O4Si. The van der Waals surface area contributed by atoms with Gasteiger partial charge in [0.05, 0.1) is 36.4 Å². The Morgan fingerprint density at radius 1 is 1.11 bits per heavy atom. The van der Waals surface area contributed by atoms with Crippen LogP contribution in [-0.2, 0) is 20.6 Å². The number of carbonyl (C=O) groups is 2. The summed E-state index contributed by atoms with van der Waals surface area (Å²) in [4.78, 5) is 44.0. The fourth-order valence-corrected chi connectivity index (χ4v) is 7.04. The number of piperazine rings is 1. The van der Waals surface area contributed by atoms with E-state index in [-0.39, 0.29) is 46.3 Å². The van der Waals surface area contributed by atoms with Gasteiger partial charge in [0.15, 0.2) is 31.5 Å². The Labute approximate surface area is 275 Å². The molecule has 0 bridgehead atoms. The molecule has 47 heavy (non-hydrogen) atoms. The minimum atomic E-state index is -2.14. The average molecular weight is 671 g/mol. The number of anilines is 1. The molecule has 12 nitrogen and oxygen atoms in total. The number of hydrogen-bond donors (Lipinski definition) is 1. The predicted octanol–water partition coefficient (Wildman–Crippen LogP) is 5.17. The number of fused-ring (bicyclic) bond motifs is 1. The minimum absolute atomic E-state index is 0.00639. The smallest absolute Gasteiger partial charge is 0.242 e. The molecule has 2 aliphatic rings. The number of amides is 2. The Morgan fingerprint density at radius 3 is 2.49 bits per heavy atom. The van der Waals surface area contributed by atoms with E-state index in [4.69, 9.17) is 9.16 Å². The third kappa shape index (κ3) is 7.52. The molecule has 15 heteroatoms. The second kappa shape index (κ2) is 13.0. The van der Waals surface area contributed by atoms with Crippen LogP contribution in [-0.4, -0.2) is 85.9 Å². The highest BCUT2D eigenvalue weighted by atomic mass is 28.4. The summed E-state index contributed by atoms with van der Waals surface area (Å²) in [7, 11) is -2.14. The van der Waals surface area contributed by atoms with Gasteiger partial charge in [0.1, 0.15) is 18.2 Å². The minimum Gasteiger partial charge on any atom is -0.434 e. The van der Waals surface area contributed by atoms with Crippen LogP contribution in [0.15, 0.2) is 36.9 Å². The van der Waals surface area contributed by atoms with Gasteiger partial charge in [-0.15, -0.1) is 0 Å². The summed E-state index contributed by atoms with van der Waals surface area (Å²) >= 11 is 0. The Balaban J connectivity index is 1.19. The van der Waals surface area contributed by atoms with Gasteiger partial charge in [0, 0.05) is 25.7 Å². The fraction of sp³-hybridized carbons (Fsp3) is 0.562. The van der Waals surface area contributed by atoms with Crippen molar-refractivity contribution in [3.05, 3.63) is 54.4 Å². The topological polar surface area (TPSA) is 128 Å². The van der Waals surface area contributed by atoms with Crippen molar-refractivity contribution < 1.29 is 27.5 Å². The Morgan fingerprint density at radius 2 is 1.85 bits per heavy atom. The van der Waals surface area contributed by atoms with Crippen LogP contribution in [0, 0.1) is 17.6 Å². The number of nitrogens with zero attached hydrogens (tertiary/aromatic N) is 7. The molecule has 2 aromatic heterocycles. The van der Waals surface area contributed by atoms with E-state index in [0.29, 0.717) is 38.7 Å². The number of rotatable bonds is 8. The fourth-order valence-electron chi connectivity index (χ4n) is 5.77. The maximum Gasteiger partial charge on any atom is 0.242 e. The van der Waals surface area contributed by atoms with Crippen molar-refractivity contribution in [2.45, 2.75) is 90.3 Å². The van der Waals surface area contributed by atoms with E-state index in [1.54, 1.807) is 6.92 Å². The molecular weight excluding hydrogens is 626 g/mol. The molecule has 1 fully saturated rings. The molecule has 5 rings (SSSR count). The van der Waals surface area contributed by atoms with Gasteiger partial charge in [-0.25, -0.2) is 28.4 Å². The zero-order valence-electron chi connectivity index (χ0n) is 28.3. The van der Waals surface area contributed by atoms with Gasteiger partial charge >= 0.3 is 0 Å². The van der Waals surface area contributed by atoms with Crippen molar-refractivity contribution in [1.29, 1.82) is 0 Å². The number of aromatic nitrogens is 5. The first kappa shape index (κ1) is 34.5. The van der Waals surface area contributed by atoms with Crippen LogP contribution in [0.25, 0.3) is 0 Å². The summed E-state index contributed by atoms with van der Waals surface area (Å²) in [5.41, 5.74) is -0.545. The molecule has 3 aromatic rings. The van der Waals surface area contributed by atoms with Gasteiger partial charge in [-0.3, -0.25) is 14.5 Å². The first-order valence-electron chi connectivity index (χ1n) is 15.8. The van der Waals surface area contributed by atoms with Gasteiger partial charge in [0.25, 0.3) is 0 Å². The second-order valence-electron chi connectivity index (χ2n) is 14.5. The van der Waals surface area contributed by atoms with E-state index >= 15 is 0 Å². The first-order chi connectivity index (χ1) is 21.9. The van der Waals surface area contributed by atoms with Crippen molar-refractivity contribution in [2.24, 2.45) is 5.92 Å². The van der Waals surface area contributed by atoms with E-state index in [0.717, 1.165) is 18.0 Å². The summed E-state index contributed by atoms with van der Waals surface area (Å²) in [6.07, 6.45) is 4.31. The summed E-state index contributed by atoms with van der Waals surface area (Å²) in [6.45, 7) is 18.7. The van der Waals surface area contributed by atoms with Crippen LogP contribution in [0.4, 0.5) is 14.6 Å². The third-order valence-corrected chi connectivity index (χ3v) is 14.0. The van der Waals surface area contributed by atoms with Gasteiger partial charge in [0.2, 0.25) is 17.7 Å². The Bertz CT molecular complexity index is 1610. The highest BCUT2D eigenvalue weighted by Gasteiger charge is 2.46. The summed E-state index contributed by atoms with van der Waals surface area (Å²) in [5, 5.41) is 7.17. The maximum absolute atomic E-state index is 14.1. The molecule has 3 atom stereocenters. The van der Waals surface area contributed by atoms with E-state index in [2.05, 4.69) is 59.2 Å². The quantitative estimate of drug-likeness (QED) is 0.323. The van der Waals surface area contributed by atoms with Crippen LogP contribution in [0.1, 0.15) is 59.9 Å². The van der Waals surface area contributed by atoms with Gasteiger partial charge in [-0.2, -0.15) is 5.10 Å². The van der Waals surface area contributed by atoms with Crippen molar-refractivity contribution in [3.63, 3.8) is 0 Å². The zero-order valence-corrected chi connectivity index (χ0v) is 29.3. The van der Waals surface area contributed by atoms with Gasteiger partial charge in [-0.1, -0.05) is 20.8 Å². The number of halogens is 2. The number of nitrogens with one attached hydrogen (secondary N) is 1. The molecule has 0 saturated carbocycles. The molecule has 0 aliphatic carbocycles. The molecule has 4 heterocycles. The molecule has 2 aliphatic heterocycles. The summed E-state index contributed by atoms with van der Waals surface area (Å²) < 4.78 is 41.0. The normalized spacial score (nSPS) is 20.8. The standard InChI is InChI=1S/C32H44F2N8O4Si/c1-20(29(43)39-26-15-36-27(16-35-26)45-24-10-9-22(33)14-23(24)34)40-11-12-41(32(5,6)18-40)30(44)21-13-25(28-37-19-38-42(28)17-21)46-47(7,8)31(2,3)4/h9-10,14-16,19-21,25H,11-13,17-18H2,1-8H3,(H,35,39,43)/t20-,21?,25?/m0/s1. The lowest BCUT2D eigenvalue weighted by atomic mass is 9.91. The van der Waals surface area contributed by atoms with Crippen molar-refractivity contribution in [1.82, 2.24) is 34.5 Å². The van der Waals surface area contributed by atoms with Crippen LogP contribution < -0.4 is 10.1 Å².